The molecule has 0 spiro atoms. The average Bonchev–Trinajstić information content (AvgIpc) is 3.40. The zero-order valence-corrected chi connectivity index (χ0v) is 16.9. The molecule has 0 aliphatic rings. The number of ether oxygens (including phenoxy) is 1. The molecular formula is C20H21N3O5S. The molecule has 3 rings (SSSR count). The van der Waals surface area contributed by atoms with E-state index in [9.17, 15) is 9.59 Å². The lowest BCUT2D eigenvalue weighted by Gasteiger charge is -2.17. The van der Waals surface area contributed by atoms with Crippen LogP contribution in [0.15, 0.2) is 51.5 Å². The van der Waals surface area contributed by atoms with Crippen LogP contribution in [0, 0.1) is 6.92 Å². The molecule has 1 aromatic carbocycles. The van der Waals surface area contributed by atoms with Crippen molar-refractivity contribution in [2.24, 2.45) is 0 Å². The number of carbonyl (C=O) groups is 2. The van der Waals surface area contributed by atoms with Gasteiger partial charge in [0.25, 0.3) is 17.7 Å². The summed E-state index contributed by atoms with van der Waals surface area (Å²) in [5.74, 6) is 0.578. The number of furan rings is 1. The second-order valence-corrected chi connectivity index (χ2v) is 7.25. The molecule has 0 aliphatic carbocycles. The predicted molar refractivity (Wildman–Crippen MR) is 107 cm³/mol. The van der Waals surface area contributed by atoms with Gasteiger partial charge in [0.2, 0.25) is 0 Å². The lowest BCUT2D eigenvalue weighted by Crippen LogP contribution is -2.42. The molecule has 0 aliphatic heterocycles. The van der Waals surface area contributed by atoms with Crippen LogP contribution in [0.5, 0.6) is 0 Å². The number of rotatable bonds is 9. The zero-order chi connectivity index (χ0) is 20.6. The van der Waals surface area contributed by atoms with Gasteiger partial charge in [-0.25, -0.2) is 4.79 Å². The van der Waals surface area contributed by atoms with Gasteiger partial charge in [-0.05, 0) is 49.6 Å². The topological polar surface area (TPSA) is 107 Å². The third-order valence-corrected chi connectivity index (χ3v) is 4.66. The minimum atomic E-state index is -0.775. The number of benzene rings is 1. The standard InChI is InChI=1S/C20H21N3O5S/c1-13-5-3-6-14(11-13)18(24)21-15(8-10-29-2)20(25)27-12-17-22-23-19(28-17)16-7-4-9-26-16/h3-7,9,11,15H,8,10,12H2,1-2H3,(H,21,24)/t15-/m0/s1. The maximum Gasteiger partial charge on any atom is 0.329 e. The first-order valence-electron chi connectivity index (χ1n) is 8.96. The normalized spacial score (nSPS) is 11.8. The summed E-state index contributed by atoms with van der Waals surface area (Å²) in [4.78, 5) is 25.0. The summed E-state index contributed by atoms with van der Waals surface area (Å²) < 4.78 is 15.9. The average molecular weight is 415 g/mol. The molecule has 1 atom stereocenters. The highest BCUT2D eigenvalue weighted by atomic mass is 32.2. The molecule has 8 nitrogen and oxygen atoms in total. The number of hydrogen-bond acceptors (Lipinski definition) is 8. The summed E-state index contributed by atoms with van der Waals surface area (Å²) in [7, 11) is 0. The van der Waals surface area contributed by atoms with Gasteiger partial charge >= 0.3 is 5.97 Å². The SMILES string of the molecule is CSCC[C@H](NC(=O)c1cccc(C)c1)C(=O)OCc1nnc(-c2ccco2)o1. The minimum Gasteiger partial charge on any atom is -0.459 e. The highest BCUT2D eigenvalue weighted by Gasteiger charge is 2.23. The number of nitrogens with one attached hydrogen (secondary N) is 1. The Bertz CT molecular complexity index is 955. The van der Waals surface area contributed by atoms with Crippen molar-refractivity contribution in [2.75, 3.05) is 12.0 Å². The van der Waals surface area contributed by atoms with Crippen molar-refractivity contribution in [2.45, 2.75) is 26.0 Å². The van der Waals surface area contributed by atoms with E-state index >= 15 is 0 Å². The van der Waals surface area contributed by atoms with Gasteiger partial charge in [-0.15, -0.1) is 10.2 Å². The van der Waals surface area contributed by atoms with E-state index in [1.54, 1.807) is 42.1 Å². The smallest absolute Gasteiger partial charge is 0.329 e. The van der Waals surface area contributed by atoms with Crippen LogP contribution in [-0.4, -0.2) is 40.1 Å². The van der Waals surface area contributed by atoms with Gasteiger partial charge in [-0.3, -0.25) is 4.79 Å². The van der Waals surface area contributed by atoms with E-state index in [-0.39, 0.29) is 24.3 Å². The van der Waals surface area contributed by atoms with Crippen LogP contribution in [0.3, 0.4) is 0 Å². The summed E-state index contributed by atoms with van der Waals surface area (Å²) in [6.45, 7) is 1.71. The highest BCUT2D eigenvalue weighted by Crippen LogP contribution is 2.18. The fourth-order valence-electron chi connectivity index (χ4n) is 2.56. The van der Waals surface area contributed by atoms with Crippen LogP contribution in [-0.2, 0) is 16.1 Å². The number of aromatic nitrogens is 2. The van der Waals surface area contributed by atoms with Gasteiger partial charge in [-0.1, -0.05) is 17.7 Å². The van der Waals surface area contributed by atoms with E-state index in [0.29, 0.717) is 23.5 Å². The van der Waals surface area contributed by atoms with Gasteiger partial charge in [-0.2, -0.15) is 11.8 Å². The third-order valence-electron chi connectivity index (χ3n) is 4.02. The minimum absolute atomic E-state index is 0.137. The van der Waals surface area contributed by atoms with Crippen LogP contribution >= 0.6 is 11.8 Å². The van der Waals surface area contributed by atoms with Gasteiger partial charge in [0.1, 0.15) is 6.04 Å². The molecule has 29 heavy (non-hydrogen) atoms. The number of nitrogens with zero attached hydrogens (tertiary/aromatic N) is 2. The van der Waals surface area contributed by atoms with E-state index < -0.39 is 12.0 Å². The van der Waals surface area contributed by atoms with Crippen molar-refractivity contribution in [3.8, 4) is 11.7 Å². The number of carbonyl (C=O) groups excluding carboxylic acids is 2. The molecule has 1 amide bonds. The molecule has 1 N–H and O–H groups in total. The lowest BCUT2D eigenvalue weighted by atomic mass is 10.1. The third kappa shape index (κ3) is 5.71. The fraction of sp³-hybridized carbons (Fsp3) is 0.300. The lowest BCUT2D eigenvalue weighted by molar-refractivity contribution is -0.148. The number of amides is 1. The van der Waals surface area contributed by atoms with Crippen molar-refractivity contribution in [1.82, 2.24) is 15.5 Å². The Balaban J connectivity index is 1.60. The molecule has 2 heterocycles. The highest BCUT2D eigenvalue weighted by molar-refractivity contribution is 7.98. The predicted octanol–water partition coefficient (Wildman–Crippen LogP) is 3.23. The molecule has 3 aromatic rings. The Hall–Kier alpha value is -3.07. The molecule has 0 saturated carbocycles. The van der Waals surface area contributed by atoms with Gasteiger partial charge in [0.05, 0.1) is 6.26 Å². The van der Waals surface area contributed by atoms with Crippen LogP contribution in [0.4, 0.5) is 0 Å². The van der Waals surface area contributed by atoms with Crippen LogP contribution < -0.4 is 5.32 Å². The van der Waals surface area contributed by atoms with E-state index in [1.807, 2.05) is 19.2 Å². The molecule has 0 fully saturated rings. The molecule has 2 aromatic heterocycles. The summed E-state index contributed by atoms with van der Waals surface area (Å²) in [6, 6.07) is 9.77. The zero-order valence-electron chi connectivity index (χ0n) is 16.1. The second kappa shape index (κ2) is 9.92. The summed E-state index contributed by atoms with van der Waals surface area (Å²) >= 11 is 1.58. The largest absolute Gasteiger partial charge is 0.459 e. The van der Waals surface area contributed by atoms with Crippen molar-refractivity contribution >= 4 is 23.6 Å². The van der Waals surface area contributed by atoms with Gasteiger partial charge in [0, 0.05) is 5.56 Å². The molecular weight excluding hydrogens is 394 g/mol. The molecule has 0 saturated heterocycles. The van der Waals surface area contributed by atoms with Gasteiger partial charge < -0.3 is 18.9 Å². The van der Waals surface area contributed by atoms with E-state index in [0.717, 1.165) is 5.56 Å². The Morgan fingerprint density at radius 2 is 2.10 bits per heavy atom. The Labute approximate surface area is 172 Å². The summed E-state index contributed by atoms with van der Waals surface area (Å²) in [6.07, 6.45) is 3.87. The molecule has 9 heteroatoms. The Morgan fingerprint density at radius 3 is 2.83 bits per heavy atom. The van der Waals surface area contributed by atoms with Crippen molar-refractivity contribution in [3.05, 3.63) is 59.7 Å². The van der Waals surface area contributed by atoms with Crippen molar-refractivity contribution in [3.63, 3.8) is 0 Å². The Kier molecular flexibility index (Phi) is 7.07. The summed E-state index contributed by atoms with van der Waals surface area (Å²) in [5, 5.41) is 10.4. The van der Waals surface area contributed by atoms with E-state index in [1.165, 1.54) is 6.26 Å². The first kappa shape index (κ1) is 20.7. The van der Waals surface area contributed by atoms with Crippen LogP contribution in [0.1, 0.15) is 28.2 Å². The molecule has 152 valence electrons. The van der Waals surface area contributed by atoms with Crippen LogP contribution in [0.2, 0.25) is 0 Å². The molecule has 0 unspecified atom stereocenters. The number of aryl methyl sites for hydroxylation is 1. The first-order chi connectivity index (χ1) is 14.1. The number of esters is 1. The number of hydrogen-bond donors (Lipinski definition) is 1. The van der Waals surface area contributed by atoms with E-state index in [4.69, 9.17) is 13.6 Å². The fourth-order valence-corrected chi connectivity index (χ4v) is 3.03. The molecule has 0 bridgehead atoms. The summed E-state index contributed by atoms with van der Waals surface area (Å²) in [5.41, 5.74) is 1.46. The monoisotopic (exact) mass is 415 g/mol. The van der Waals surface area contributed by atoms with Crippen molar-refractivity contribution < 1.29 is 23.2 Å². The maximum atomic E-state index is 12.5. The van der Waals surface area contributed by atoms with E-state index in [2.05, 4.69) is 15.5 Å². The second-order valence-electron chi connectivity index (χ2n) is 6.26. The molecule has 0 radical (unpaired) electrons. The van der Waals surface area contributed by atoms with Crippen molar-refractivity contribution in [1.29, 1.82) is 0 Å². The quantitative estimate of drug-likeness (QED) is 0.531. The van der Waals surface area contributed by atoms with Crippen LogP contribution in [0.25, 0.3) is 11.7 Å². The first-order valence-corrected chi connectivity index (χ1v) is 10.4. The maximum absolute atomic E-state index is 12.5. The number of thioether (sulfide) groups is 1. The van der Waals surface area contributed by atoms with Gasteiger partial charge in [0.15, 0.2) is 12.4 Å². The Morgan fingerprint density at radius 1 is 1.24 bits per heavy atom.